The van der Waals surface area contributed by atoms with Crippen LogP contribution in [0, 0.1) is 11.8 Å². The van der Waals surface area contributed by atoms with Crippen LogP contribution in [0.2, 0.25) is 0 Å². The van der Waals surface area contributed by atoms with Crippen molar-refractivity contribution < 1.29 is 10.9 Å². The molecular weight excluding hydrogens is 166 g/mol. The molecule has 3 atom stereocenters. The number of fused-ring (bicyclic) bond motifs is 2. The summed E-state index contributed by atoms with van der Waals surface area (Å²) in [4.78, 5) is 13.7. The standard InChI is InChI=1S/C10H15NO2/c1-10(2)11-7(5-13-10)3-6-4-8(6)9(11)12/h6-8H,3-5H2,1-2H3/t6-,7+,8+/m1/s1/i7D. The smallest absolute Gasteiger partial charge is 0.228 e. The Balaban J connectivity index is 2.01. The Kier molecular flexibility index (Phi) is 1.09. The topological polar surface area (TPSA) is 29.5 Å². The zero-order valence-electron chi connectivity index (χ0n) is 9.04. The van der Waals surface area contributed by atoms with Crippen LogP contribution in [0.15, 0.2) is 0 Å². The first kappa shape index (κ1) is 6.82. The molecule has 0 bridgehead atoms. The molecule has 1 amide bonds. The van der Waals surface area contributed by atoms with Crippen LogP contribution < -0.4 is 0 Å². The summed E-state index contributed by atoms with van der Waals surface area (Å²) in [5.74, 6) is 0.807. The average molecular weight is 182 g/mol. The third kappa shape index (κ3) is 0.909. The molecule has 0 unspecified atom stereocenters. The van der Waals surface area contributed by atoms with Gasteiger partial charge in [-0.25, -0.2) is 0 Å². The molecule has 0 aromatic heterocycles. The number of hydrogen-bond donors (Lipinski definition) is 0. The van der Waals surface area contributed by atoms with Crippen molar-refractivity contribution >= 4 is 5.91 Å². The largest absolute Gasteiger partial charge is 0.354 e. The SMILES string of the molecule is [2H][C@]12COC(C)(C)N1C(=O)[C@H]1C[C@H]1C2. The minimum atomic E-state index is -0.780. The summed E-state index contributed by atoms with van der Waals surface area (Å²) in [5.41, 5.74) is -0.577. The van der Waals surface area contributed by atoms with E-state index in [0.717, 1.165) is 12.8 Å². The Bertz CT molecular complexity index is 317. The molecule has 1 saturated carbocycles. The Morgan fingerprint density at radius 2 is 2.38 bits per heavy atom. The van der Waals surface area contributed by atoms with Gasteiger partial charge in [0.15, 0.2) is 0 Å². The van der Waals surface area contributed by atoms with Crippen molar-refractivity contribution in [2.24, 2.45) is 11.8 Å². The van der Waals surface area contributed by atoms with Gasteiger partial charge in [0.05, 0.1) is 14.0 Å². The summed E-state index contributed by atoms with van der Waals surface area (Å²) < 4.78 is 13.8. The average Bonchev–Trinajstić information content (AvgIpc) is 2.75. The Hall–Kier alpha value is -0.570. The quantitative estimate of drug-likeness (QED) is 0.559. The minimum absolute atomic E-state index is 0.138. The lowest BCUT2D eigenvalue weighted by Crippen LogP contribution is -2.50. The maximum Gasteiger partial charge on any atom is 0.228 e. The molecule has 3 rings (SSSR count). The molecule has 13 heavy (non-hydrogen) atoms. The number of nitrogens with zero attached hydrogens (tertiary/aromatic N) is 1. The predicted octanol–water partition coefficient (Wildman–Crippen LogP) is 0.990. The second-order valence-electron chi connectivity index (χ2n) is 4.78. The van der Waals surface area contributed by atoms with Crippen molar-refractivity contribution in [2.75, 3.05) is 6.61 Å². The Morgan fingerprint density at radius 3 is 3.15 bits per heavy atom. The van der Waals surface area contributed by atoms with Gasteiger partial charge in [0.2, 0.25) is 5.91 Å². The molecule has 2 aliphatic heterocycles. The van der Waals surface area contributed by atoms with Crippen molar-refractivity contribution in [3.8, 4) is 0 Å². The van der Waals surface area contributed by atoms with Crippen molar-refractivity contribution in [1.29, 1.82) is 0 Å². The molecule has 2 saturated heterocycles. The van der Waals surface area contributed by atoms with Crippen LogP contribution in [0.1, 0.15) is 28.1 Å². The highest BCUT2D eigenvalue weighted by Gasteiger charge is 2.57. The molecule has 1 aliphatic carbocycles. The number of piperidine rings is 1. The maximum atomic E-state index is 12.0. The number of ether oxygens (including phenoxy) is 1. The highest BCUT2D eigenvalue weighted by Crippen LogP contribution is 2.51. The van der Waals surface area contributed by atoms with E-state index in [1.165, 1.54) is 0 Å². The van der Waals surface area contributed by atoms with Crippen LogP contribution in [0.5, 0.6) is 0 Å². The van der Waals surface area contributed by atoms with E-state index in [2.05, 4.69) is 0 Å². The Labute approximate surface area is 79.4 Å². The second-order valence-corrected chi connectivity index (χ2v) is 4.78. The first-order chi connectivity index (χ1) is 6.44. The van der Waals surface area contributed by atoms with E-state index >= 15 is 0 Å². The van der Waals surface area contributed by atoms with Crippen LogP contribution in [0.4, 0.5) is 0 Å². The van der Waals surface area contributed by atoms with E-state index in [9.17, 15) is 4.79 Å². The number of rotatable bonds is 0. The van der Waals surface area contributed by atoms with Crippen molar-refractivity contribution in [3.63, 3.8) is 0 Å². The van der Waals surface area contributed by atoms with E-state index in [-0.39, 0.29) is 11.8 Å². The third-order valence-corrected chi connectivity index (χ3v) is 3.40. The number of carbonyl (C=O) groups is 1. The van der Waals surface area contributed by atoms with E-state index in [1.54, 1.807) is 4.90 Å². The zero-order valence-corrected chi connectivity index (χ0v) is 8.04. The van der Waals surface area contributed by atoms with E-state index in [0.29, 0.717) is 12.5 Å². The molecule has 0 aromatic rings. The van der Waals surface area contributed by atoms with Gasteiger partial charge >= 0.3 is 0 Å². The van der Waals surface area contributed by atoms with Crippen molar-refractivity contribution in [1.82, 2.24) is 4.90 Å². The fraction of sp³-hybridized carbons (Fsp3) is 0.900. The monoisotopic (exact) mass is 182 g/mol. The molecule has 0 aromatic carbocycles. The third-order valence-electron chi connectivity index (χ3n) is 3.40. The van der Waals surface area contributed by atoms with Crippen molar-refractivity contribution in [3.05, 3.63) is 0 Å². The van der Waals surface area contributed by atoms with Gasteiger partial charge < -0.3 is 9.64 Å². The first-order valence-corrected chi connectivity index (χ1v) is 4.92. The molecule has 0 spiro atoms. The van der Waals surface area contributed by atoms with Gasteiger partial charge in [0.1, 0.15) is 5.72 Å². The lowest BCUT2D eigenvalue weighted by Gasteiger charge is -2.36. The number of amides is 1. The summed E-state index contributed by atoms with van der Waals surface area (Å²) in [6.45, 7) is 4.13. The van der Waals surface area contributed by atoms with Gasteiger partial charge in [-0.3, -0.25) is 4.79 Å². The molecule has 3 nitrogen and oxygen atoms in total. The Morgan fingerprint density at radius 1 is 1.62 bits per heavy atom. The van der Waals surface area contributed by atoms with E-state index < -0.39 is 11.7 Å². The lowest BCUT2D eigenvalue weighted by atomic mass is 10.0. The summed E-state index contributed by atoms with van der Waals surface area (Å²) in [5, 5.41) is 0. The summed E-state index contributed by atoms with van der Waals surface area (Å²) in [7, 11) is 0. The molecule has 72 valence electrons. The minimum Gasteiger partial charge on any atom is -0.354 e. The van der Waals surface area contributed by atoms with Gasteiger partial charge in [0, 0.05) is 5.92 Å². The van der Waals surface area contributed by atoms with Crippen LogP contribution in [-0.2, 0) is 9.53 Å². The molecule has 2 heterocycles. The summed E-state index contributed by atoms with van der Waals surface area (Å²) >= 11 is 0. The molecule has 3 aliphatic rings. The maximum absolute atomic E-state index is 12.0. The lowest BCUT2D eigenvalue weighted by molar-refractivity contribution is -0.150. The second kappa shape index (κ2) is 2.08. The number of hydrogen-bond acceptors (Lipinski definition) is 2. The molecular formula is C10H15NO2. The van der Waals surface area contributed by atoms with Crippen molar-refractivity contribution in [2.45, 2.75) is 38.4 Å². The zero-order chi connectivity index (χ0) is 10.1. The number of carbonyl (C=O) groups excluding carboxylic acids is 1. The van der Waals surface area contributed by atoms with Gasteiger partial charge in [-0.15, -0.1) is 0 Å². The first-order valence-electron chi connectivity index (χ1n) is 5.42. The van der Waals surface area contributed by atoms with Gasteiger partial charge in [-0.1, -0.05) is 0 Å². The molecule has 0 radical (unpaired) electrons. The molecule has 3 fully saturated rings. The van der Waals surface area contributed by atoms with Gasteiger partial charge in [0.25, 0.3) is 0 Å². The molecule has 3 heteroatoms. The van der Waals surface area contributed by atoms with Crippen LogP contribution in [0.3, 0.4) is 0 Å². The fourth-order valence-corrected chi connectivity index (χ4v) is 2.59. The summed E-state index contributed by atoms with van der Waals surface area (Å²) in [6.07, 6.45) is 1.79. The fourth-order valence-electron chi connectivity index (χ4n) is 2.59. The van der Waals surface area contributed by atoms with Crippen LogP contribution >= 0.6 is 0 Å². The highest BCUT2D eigenvalue weighted by atomic mass is 16.5. The highest BCUT2D eigenvalue weighted by molar-refractivity contribution is 5.84. The summed E-state index contributed by atoms with van der Waals surface area (Å²) in [6, 6.07) is -0.780. The van der Waals surface area contributed by atoms with Crippen LogP contribution in [0.25, 0.3) is 0 Å². The van der Waals surface area contributed by atoms with Gasteiger partial charge in [-0.05, 0) is 32.6 Å². The van der Waals surface area contributed by atoms with Gasteiger partial charge in [-0.2, -0.15) is 0 Å². The molecule has 0 N–H and O–H groups in total. The van der Waals surface area contributed by atoms with E-state index in [1.807, 2.05) is 13.8 Å². The normalized spacial score (nSPS) is 52.6. The van der Waals surface area contributed by atoms with E-state index in [4.69, 9.17) is 6.11 Å². The predicted molar refractivity (Wildman–Crippen MR) is 46.9 cm³/mol. The van der Waals surface area contributed by atoms with Crippen LogP contribution in [-0.4, -0.2) is 29.2 Å².